The largest absolute Gasteiger partial charge is 1.00 e. The molecule has 43 heavy (non-hydrogen) atoms. The molecule has 1 aromatic carbocycles. The molecule has 2 aromatic rings. The minimum absolute atomic E-state index is 0. The van der Waals surface area contributed by atoms with Gasteiger partial charge in [0, 0.05) is 29.6 Å². The molecule has 3 aliphatic rings. The Morgan fingerprint density at radius 3 is 2.26 bits per heavy atom. The summed E-state index contributed by atoms with van der Waals surface area (Å²) in [4.78, 5) is 43.1. The molecular weight excluding hydrogens is 586 g/mol. The number of nitrogens with one attached hydrogen (secondary N) is 1. The molecule has 2 heterocycles. The molecule has 1 aliphatic heterocycles. The number of likely N-dealkylation sites (tertiary alicyclic amines) is 1. The molecule has 0 radical (unpaired) electrons. The number of Topliss-reactive ketones (excluding diaryl/α,β-unsaturated/α-hetero) is 1. The second-order valence-corrected chi connectivity index (χ2v) is 13.8. The van der Waals surface area contributed by atoms with E-state index in [-0.39, 0.29) is 42.0 Å². The van der Waals surface area contributed by atoms with Crippen LogP contribution in [0.2, 0.25) is 0 Å². The van der Waals surface area contributed by atoms with Gasteiger partial charge in [0.05, 0.1) is 20.1 Å². The van der Waals surface area contributed by atoms with Crippen LogP contribution >= 0.6 is 11.3 Å². The van der Waals surface area contributed by atoms with E-state index in [4.69, 9.17) is 14.2 Å². The second-order valence-electron chi connectivity index (χ2n) is 12.7. The number of quaternary nitrogens is 1. The summed E-state index contributed by atoms with van der Waals surface area (Å²) in [6.07, 6.45) is 9.85. The first-order chi connectivity index (χ1) is 20.4. The molecule has 7 nitrogen and oxygen atoms in total. The number of halogens is 1. The quantitative estimate of drug-likeness (QED) is 0.337. The SMILES string of the molecule is CC1CCC(C(=O)C(c2cc(-c3ccccc3)sc2C(=O)OCOC(=O)OC2CCCCC2)C2CC[NH+](C)CC2)CC1.[Cl-]. The lowest BCUT2D eigenvalue weighted by Crippen LogP contribution is -3.10. The minimum Gasteiger partial charge on any atom is -1.00 e. The Bertz CT molecular complexity index is 1200. The minimum atomic E-state index is -0.806. The lowest BCUT2D eigenvalue weighted by Gasteiger charge is -2.35. The maximum Gasteiger partial charge on any atom is 0.511 e. The summed E-state index contributed by atoms with van der Waals surface area (Å²) < 4.78 is 16.0. The first-order valence-corrected chi connectivity index (χ1v) is 16.8. The van der Waals surface area contributed by atoms with Crippen LogP contribution in [0.15, 0.2) is 36.4 Å². The number of ether oxygens (including phenoxy) is 3. The van der Waals surface area contributed by atoms with E-state index in [1.54, 1.807) is 0 Å². The third kappa shape index (κ3) is 8.83. The van der Waals surface area contributed by atoms with E-state index in [1.165, 1.54) is 16.2 Å². The highest BCUT2D eigenvalue weighted by Gasteiger charge is 2.40. The van der Waals surface area contributed by atoms with Gasteiger partial charge in [-0.05, 0) is 67.6 Å². The molecule has 2 aliphatic carbocycles. The van der Waals surface area contributed by atoms with E-state index in [0.717, 1.165) is 99.7 Å². The zero-order valence-electron chi connectivity index (χ0n) is 25.5. The van der Waals surface area contributed by atoms with Gasteiger partial charge in [0.25, 0.3) is 0 Å². The summed E-state index contributed by atoms with van der Waals surface area (Å²) in [6.45, 7) is 3.79. The number of rotatable bonds is 9. The Morgan fingerprint density at radius 1 is 0.907 bits per heavy atom. The smallest absolute Gasteiger partial charge is 0.511 e. The Hall–Kier alpha value is -2.42. The van der Waals surface area contributed by atoms with E-state index >= 15 is 0 Å². The van der Waals surface area contributed by atoms with Crippen molar-refractivity contribution in [2.75, 3.05) is 26.9 Å². The molecule has 5 rings (SSSR count). The van der Waals surface area contributed by atoms with E-state index < -0.39 is 18.9 Å². The van der Waals surface area contributed by atoms with Gasteiger partial charge in [-0.2, -0.15) is 0 Å². The highest BCUT2D eigenvalue weighted by atomic mass is 35.5. The molecule has 1 aromatic heterocycles. The fourth-order valence-electron chi connectivity index (χ4n) is 6.99. The van der Waals surface area contributed by atoms with Crippen LogP contribution in [-0.4, -0.2) is 50.9 Å². The number of esters is 1. The van der Waals surface area contributed by atoms with Crippen molar-refractivity contribution in [3.05, 3.63) is 46.8 Å². The topological polar surface area (TPSA) is 83.3 Å². The van der Waals surface area contributed by atoms with E-state index in [9.17, 15) is 14.4 Å². The molecule has 0 spiro atoms. The molecule has 1 atom stereocenters. The van der Waals surface area contributed by atoms with Crippen LogP contribution in [0.25, 0.3) is 10.4 Å². The van der Waals surface area contributed by atoms with Crippen LogP contribution in [-0.2, 0) is 19.0 Å². The van der Waals surface area contributed by atoms with Gasteiger partial charge < -0.3 is 31.5 Å². The molecule has 1 saturated heterocycles. The predicted octanol–water partition coefficient (Wildman–Crippen LogP) is 3.42. The predicted molar refractivity (Wildman–Crippen MR) is 163 cm³/mol. The van der Waals surface area contributed by atoms with Crippen LogP contribution in [0.4, 0.5) is 4.79 Å². The zero-order chi connectivity index (χ0) is 29.5. The lowest BCUT2D eigenvalue weighted by molar-refractivity contribution is -0.886. The summed E-state index contributed by atoms with van der Waals surface area (Å²) in [7, 11) is 2.20. The second kappa shape index (κ2) is 16.1. The standard InChI is InChI=1S/C34H45NO6S.ClH/c1-23-13-15-26(16-14-23)31(36)30(25-17-19-35(2)20-18-25)28-21-29(24-9-5-3-6-10-24)42-32(28)33(37)39-22-40-34(38)41-27-11-7-4-8-12-27;/h3,5-6,9-10,21,23,25-27,30H,4,7-8,11-20,22H2,1-2H3;1H. The number of thiophene rings is 1. The van der Waals surface area contributed by atoms with Crippen LogP contribution in [0.3, 0.4) is 0 Å². The van der Waals surface area contributed by atoms with Crippen molar-refractivity contribution in [3.63, 3.8) is 0 Å². The van der Waals surface area contributed by atoms with Gasteiger partial charge in [0.1, 0.15) is 16.8 Å². The maximum atomic E-state index is 14.4. The normalized spacial score (nSPS) is 25.2. The molecule has 9 heteroatoms. The van der Waals surface area contributed by atoms with Crippen LogP contribution < -0.4 is 17.3 Å². The number of hydrogen-bond acceptors (Lipinski definition) is 7. The highest BCUT2D eigenvalue weighted by molar-refractivity contribution is 7.17. The Labute approximate surface area is 266 Å². The fourth-order valence-corrected chi connectivity index (χ4v) is 8.10. The number of hydrogen-bond donors (Lipinski definition) is 1. The average molecular weight is 632 g/mol. The summed E-state index contributed by atoms with van der Waals surface area (Å²) >= 11 is 1.36. The molecule has 236 valence electrons. The van der Waals surface area contributed by atoms with Crippen molar-refractivity contribution in [1.82, 2.24) is 0 Å². The lowest BCUT2D eigenvalue weighted by atomic mass is 9.70. The van der Waals surface area contributed by atoms with Crippen molar-refractivity contribution < 1.29 is 45.9 Å². The molecule has 2 saturated carbocycles. The monoisotopic (exact) mass is 631 g/mol. The first kappa shape index (κ1) is 33.5. The van der Waals surface area contributed by atoms with Gasteiger partial charge in [-0.15, -0.1) is 11.3 Å². The molecule has 0 bridgehead atoms. The highest BCUT2D eigenvalue weighted by Crippen LogP contribution is 2.44. The Balaban J connectivity index is 0.00000423. The zero-order valence-corrected chi connectivity index (χ0v) is 27.1. The number of carbonyl (C=O) groups excluding carboxylic acids is 3. The van der Waals surface area contributed by atoms with Crippen molar-refractivity contribution in [2.45, 2.75) is 89.6 Å². The van der Waals surface area contributed by atoms with Gasteiger partial charge in [0.2, 0.25) is 6.79 Å². The number of piperidine rings is 1. The number of ketones is 1. The first-order valence-electron chi connectivity index (χ1n) is 15.9. The Kier molecular flexibility index (Phi) is 12.5. The maximum absolute atomic E-state index is 14.4. The van der Waals surface area contributed by atoms with E-state index in [1.807, 2.05) is 36.4 Å². The van der Waals surface area contributed by atoms with Crippen molar-refractivity contribution in [1.29, 1.82) is 0 Å². The summed E-state index contributed by atoms with van der Waals surface area (Å²) in [5.74, 6) is 0.249. The van der Waals surface area contributed by atoms with Crippen LogP contribution in [0.1, 0.15) is 98.7 Å². The van der Waals surface area contributed by atoms with Gasteiger partial charge in [0.15, 0.2) is 0 Å². The van der Waals surface area contributed by atoms with Gasteiger partial charge in [-0.25, -0.2) is 9.59 Å². The summed E-state index contributed by atoms with van der Waals surface area (Å²) in [6, 6.07) is 12.0. The third-order valence-corrected chi connectivity index (χ3v) is 10.8. The molecule has 1 N–H and O–H groups in total. The molecule has 1 unspecified atom stereocenters. The summed E-state index contributed by atoms with van der Waals surface area (Å²) in [5.41, 5.74) is 1.78. The molecular formula is C34H46ClNO6S. The fraction of sp³-hybridized carbons (Fsp3) is 0.618. The van der Waals surface area contributed by atoms with Gasteiger partial charge >= 0.3 is 12.1 Å². The van der Waals surface area contributed by atoms with E-state index in [0.29, 0.717) is 10.8 Å². The van der Waals surface area contributed by atoms with Crippen molar-refractivity contribution in [3.8, 4) is 10.4 Å². The van der Waals surface area contributed by atoms with Gasteiger partial charge in [-0.1, -0.05) is 56.5 Å². The average Bonchev–Trinajstić information content (AvgIpc) is 3.44. The van der Waals surface area contributed by atoms with Crippen LogP contribution in [0, 0.1) is 17.8 Å². The van der Waals surface area contributed by atoms with Crippen molar-refractivity contribution >= 4 is 29.2 Å². The van der Waals surface area contributed by atoms with Crippen molar-refractivity contribution in [2.24, 2.45) is 17.8 Å². The van der Waals surface area contributed by atoms with E-state index in [2.05, 4.69) is 14.0 Å². The number of carbonyl (C=O) groups is 3. The molecule has 0 amide bonds. The molecule has 3 fully saturated rings. The van der Waals surface area contributed by atoms with Gasteiger partial charge in [-0.3, -0.25) is 4.79 Å². The van der Waals surface area contributed by atoms with Crippen LogP contribution in [0.5, 0.6) is 0 Å². The Morgan fingerprint density at radius 2 is 1.58 bits per heavy atom. The third-order valence-electron chi connectivity index (χ3n) is 9.60. The summed E-state index contributed by atoms with van der Waals surface area (Å²) in [5, 5.41) is 0. The number of benzene rings is 1.